The number of esters is 1. The Kier molecular flexibility index (Phi) is 6.03. The summed E-state index contributed by atoms with van der Waals surface area (Å²) in [7, 11) is 0. The molecule has 140 valence electrons. The van der Waals surface area contributed by atoms with Crippen LogP contribution in [0.15, 0.2) is 52.9 Å². The highest BCUT2D eigenvalue weighted by Crippen LogP contribution is 2.22. The maximum Gasteiger partial charge on any atom is 0.325 e. The van der Waals surface area contributed by atoms with Gasteiger partial charge in [-0.1, -0.05) is 11.6 Å². The minimum Gasteiger partial charge on any atom is -0.465 e. The Hall–Kier alpha value is -2.93. The van der Waals surface area contributed by atoms with Crippen LogP contribution >= 0.6 is 11.6 Å². The molecule has 3 aromatic rings. The van der Waals surface area contributed by atoms with Crippen molar-refractivity contribution in [3.8, 4) is 11.5 Å². The van der Waals surface area contributed by atoms with Crippen LogP contribution in [0.3, 0.4) is 0 Å². The molecule has 0 saturated heterocycles. The van der Waals surface area contributed by atoms with Crippen molar-refractivity contribution >= 4 is 23.3 Å². The van der Waals surface area contributed by atoms with E-state index in [0.717, 1.165) is 5.56 Å². The summed E-state index contributed by atoms with van der Waals surface area (Å²) in [5, 5.41) is 8.67. The van der Waals surface area contributed by atoms with E-state index in [2.05, 4.69) is 10.2 Å². The highest BCUT2D eigenvalue weighted by molar-refractivity contribution is 6.30. The smallest absolute Gasteiger partial charge is 0.325 e. The summed E-state index contributed by atoms with van der Waals surface area (Å²) in [6.45, 7) is 2.15. The molecule has 0 spiro atoms. The molecular formula is C19H17ClFN3O3. The highest BCUT2D eigenvalue weighted by atomic mass is 35.5. The molecule has 0 atom stereocenters. The Morgan fingerprint density at radius 1 is 1.15 bits per heavy atom. The van der Waals surface area contributed by atoms with E-state index in [1.54, 1.807) is 48.2 Å². The predicted octanol–water partition coefficient (Wildman–Crippen LogP) is 4.10. The average molecular weight is 390 g/mol. The minimum absolute atomic E-state index is 0.0296. The summed E-state index contributed by atoms with van der Waals surface area (Å²) in [6, 6.07) is 12.8. The number of halogens is 2. The highest BCUT2D eigenvalue weighted by Gasteiger charge is 2.17. The number of rotatable bonds is 7. The molecule has 0 aliphatic carbocycles. The quantitative estimate of drug-likeness (QED) is 0.567. The lowest BCUT2D eigenvalue weighted by atomic mass is 10.2. The number of ether oxygens (including phenoxy) is 1. The zero-order valence-electron chi connectivity index (χ0n) is 14.6. The van der Waals surface area contributed by atoms with Gasteiger partial charge in [-0.3, -0.25) is 4.79 Å². The molecular weight excluding hydrogens is 373 g/mol. The van der Waals surface area contributed by atoms with Crippen LogP contribution in [0.2, 0.25) is 5.02 Å². The molecule has 1 heterocycles. The van der Waals surface area contributed by atoms with Crippen LogP contribution < -0.4 is 4.90 Å². The van der Waals surface area contributed by atoms with Crippen LogP contribution in [-0.4, -0.2) is 29.3 Å². The molecule has 1 aromatic heterocycles. The third kappa shape index (κ3) is 5.04. The van der Waals surface area contributed by atoms with E-state index in [1.165, 1.54) is 12.1 Å². The van der Waals surface area contributed by atoms with Crippen molar-refractivity contribution in [1.82, 2.24) is 10.2 Å². The molecule has 0 fully saturated rings. The van der Waals surface area contributed by atoms with E-state index in [1.807, 2.05) is 0 Å². The fraction of sp³-hybridized carbons (Fsp3) is 0.211. The Bertz CT molecular complexity index is 897. The van der Waals surface area contributed by atoms with Gasteiger partial charge < -0.3 is 14.1 Å². The van der Waals surface area contributed by atoms with Gasteiger partial charge in [-0.2, -0.15) is 0 Å². The van der Waals surface area contributed by atoms with Gasteiger partial charge in [0.25, 0.3) is 0 Å². The van der Waals surface area contributed by atoms with E-state index in [0.29, 0.717) is 22.5 Å². The summed E-state index contributed by atoms with van der Waals surface area (Å²) in [5.41, 5.74) is 1.37. The van der Waals surface area contributed by atoms with Gasteiger partial charge in [-0.15, -0.1) is 10.2 Å². The average Bonchev–Trinajstić information content (AvgIpc) is 3.11. The second-order valence-electron chi connectivity index (χ2n) is 5.65. The summed E-state index contributed by atoms with van der Waals surface area (Å²) in [4.78, 5) is 13.6. The first kappa shape index (κ1) is 18.8. The SMILES string of the molecule is CCOC(=O)CN(Cc1nnc(-c2ccc(Cl)cc2)o1)c1ccc(F)cc1. The lowest BCUT2D eigenvalue weighted by Gasteiger charge is -2.22. The van der Waals surface area contributed by atoms with Gasteiger partial charge in [0, 0.05) is 16.3 Å². The van der Waals surface area contributed by atoms with E-state index < -0.39 is 5.97 Å². The molecule has 0 aliphatic heterocycles. The Labute approximate surface area is 160 Å². The maximum absolute atomic E-state index is 13.2. The van der Waals surface area contributed by atoms with Gasteiger partial charge in [-0.25, -0.2) is 4.39 Å². The maximum atomic E-state index is 13.2. The van der Waals surface area contributed by atoms with Crippen molar-refractivity contribution in [2.24, 2.45) is 0 Å². The first-order chi connectivity index (χ1) is 13.0. The number of carbonyl (C=O) groups is 1. The van der Waals surface area contributed by atoms with Crippen LogP contribution in [0.1, 0.15) is 12.8 Å². The molecule has 8 heteroatoms. The number of hydrogen-bond acceptors (Lipinski definition) is 6. The molecule has 27 heavy (non-hydrogen) atoms. The molecule has 2 aromatic carbocycles. The van der Waals surface area contributed by atoms with Crippen LogP contribution in [0, 0.1) is 5.82 Å². The molecule has 3 rings (SSSR count). The van der Waals surface area contributed by atoms with Crippen molar-refractivity contribution in [2.75, 3.05) is 18.1 Å². The topological polar surface area (TPSA) is 68.5 Å². The van der Waals surface area contributed by atoms with E-state index in [4.69, 9.17) is 20.8 Å². The molecule has 0 aliphatic rings. The van der Waals surface area contributed by atoms with Gasteiger partial charge in [-0.05, 0) is 55.5 Å². The van der Waals surface area contributed by atoms with E-state index >= 15 is 0 Å². The molecule has 0 amide bonds. The summed E-state index contributed by atoms with van der Waals surface area (Å²) < 4.78 is 23.9. The fourth-order valence-electron chi connectivity index (χ4n) is 2.44. The van der Waals surface area contributed by atoms with Gasteiger partial charge >= 0.3 is 5.97 Å². The largest absolute Gasteiger partial charge is 0.465 e. The third-order valence-electron chi connectivity index (χ3n) is 3.70. The first-order valence-electron chi connectivity index (χ1n) is 8.29. The number of anilines is 1. The molecule has 6 nitrogen and oxygen atoms in total. The van der Waals surface area contributed by atoms with Crippen molar-refractivity contribution in [3.63, 3.8) is 0 Å². The normalized spacial score (nSPS) is 10.6. The minimum atomic E-state index is -0.403. The second kappa shape index (κ2) is 8.64. The summed E-state index contributed by atoms with van der Waals surface area (Å²) in [5.74, 6) is -0.109. The molecule has 0 saturated carbocycles. The summed E-state index contributed by atoms with van der Waals surface area (Å²) in [6.07, 6.45) is 0. The van der Waals surface area contributed by atoms with E-state index in [9.17, 15) is 9.18 Å². The molecule has 0 bridgehead atoms. The zero-order valence-corrected chi connectivity index (χ0v) is 15.3. The number of hydrogen-bond donors (Lipinski definition) is 0. The van der Waals surface area contributed by atoms with Crippen LogP contribution in [-0.2, 0) is 16.1 Å². The fourth-order valence-corrected chi connectivity index (χ4v) is 2.57. The van der Waals surface area contributed by atoms with Crippen molar-refractivity contribution in [1.29, 1.82) is 0 Å². The van der Waals surface area contributed by atoms with Crippen LogP contribution in [0.25, 0.3) is 11.5 Å². The first-order valence-corrected chi connectivity index (χ1v) is 8.67. The Morgan fingerprint density at radius 3 is 2.52 bits per heavy atom. The summed E-state index contributed by atoms with van der Waals surface area (Å²) >= 11 is 5.88. The number of benzene rings is 2. The van der Waals surface area contributed by atoms with Crippen molar-refractivity contribution < 1.29 is 18.3 Å². The van der Waals surface area contributed by atoms with Gasteiger partial charge in [0.05, 0.1) is 13.2 Å². The van der Waals surface area contributed by atoms with Gasteiger partial charge in [0.2, 0.25) is 11.8 Å². The number of carbonyl (C=O) groups excluding carboxylic acids is 1. The zero-order chi connectivity index (χ0) is 19.2. The molecule has 0 unspecified atom stereocenters. The molecule has 0 N–H and O–H groups in total. The lowest BCUT2D eigenvalue weighted by Crippen LogP contribution is -2.30. The predicted molar refractivity (Wildman–Crippen MR) is 98.8 cm³/mol. The van der Waals surface area contributed by atoms with Crippen LogP contribution in [0.4, 0.5) is 10.1 Å². The van der Waals surface area contributed by atoms with Crippen LogP contribution in [0.5, 0.6) is 0 Å². The third-order valence-corrected chi connectivity index (χ3v) is 3.95. The van der Waals surface area contributed by atoms with Gasteiger partial charge in [0.15, 0.2) is 0 Å². The number of nitrogens with zero attached hydrogens (tertiary/aromatic N) is 3. The van der Waals surface area contributed by atoms with Gasteiger partial charge in [0.1, 0.15) is 12.4 Å². The monoisotopic (exact) mass is 389 g/mol. The van der Waals surface area contributed by atoms with E-state index in [-0.39, 0.29) is 25.5 Å². The Balaban J connectivity index is 1.80. The van der Waals surface area contributed by atoms with Crippen molar-refractivity contribution in [3.05, 3.63) is 65.3 Å². The Morgan fingerprint density at radius 2 is 1.85 bits per heavy atom. The second-order valence-corrected chi connectivity index (χ2v) is 6.08. The standard InChI is InChI=1S/C19H17ClFN3O3/c1-2-26-18(25)12-24(16-9-7-15(21)8-10-16)11-17-22-23-19(27-17)13-3-5-14(20)6-4-13/h3-10H,2,11-12H2,1H3. The van der Waals surface area contributed by atoms with Crippen molar-refractivity contribution in [2.45, 2.75) is 13.5 Å². The lowest BCUT2D eigenvalue weighted by molar-refractivity contribution is -0.141. The molecule has 0 radical (unpaired) electrons. The number of aromatic nitrogens is 2.